The van der Waals surface area contributed by atoms with Gasteiger partial charge in [-0.2, -0.15) is 0 Å². The molecule has 1 aliphatic carbocycles. The van der Waals surface area contributed by atoms with E-state index in [-0.39, 0.29) is 12.1 Å². The van der Waals surface area contributed by atoms with Gasteiger partial charge in [0.1, 0.15) is 0 Å². The van der Waals surface area contributed by atoms with E-state index < -0.39 is 0 Å². The summed E-state index contributed by atoms with van der Waals surface area (Å²) < 4.78 is 0. The minimum absolute atomic E-state index is 0.0657. The van der Waals surface area contributed by atoms with Crippen LogP contribution < -0.4 is 5.32 Å². The lowest BCUT2D eigenvalue weighted by Gasteiger charge is -2.35. The van der Waals surface area contributed by atoms with E-state index in [0.717, 1.165) is 24.7 Å². The monoisotopic (exact) mass is 282 g/mol. The van der Waals surface area contributed by atoms with Gasteiger partial charge in [-0.3, -0.25) is 0 Å². The van der Waals surface area contributed by atoms with Crippen molar-refractivity contribution in [3.8, 4) is 0 Å². The molecule has 2 N–H and O–H groups in total. The first kappa shape index (κ1) is 16.3. The van der Waals surface area contributed by atoms with Crippen molar-refractivity contribution in [3.63, 3.8) is 0 Å². The molecule has 0 aromatic carbocycles. The Morgan fingerprint density at radius 1 is 1.25 bits per heavy atom. The molecule has 2 aliphatic rings. The maximum absolute atomic E-state index is 9.77. The molecule has 20 heavy (non-hydrogen) atoms. The number of nitrogens with one attached hydrogen (secondary N) is 1. The maximum Gasteiger partial charge on any atom is 0.0613 e. The van der Waals surface area contributed by atoms with Crippen LogP contribution in [0.4, 0.5) is 0 Å². The second kappa shape index (κ2) is 7.24. The molecule has 0 bridgehead atoms. The van der Waals surface area contributed by atoms with Gasteiger partial charge in [-0.05, 0) is 50.5 Å². The molecule has 1 aliphatic heterocycles. The largest absolute Gasteiger partial charge is 0.394 e. The molecule has 0 aromatic rings. The van der Waals surface area contributed by atoms with Crippen molar-refractivity contribution in [1.82, 2.24) is 10.2 Å². The van der Waals surface area contributed by atoms with Crippen molar-refractivity contribution < 1.29 is 5.11 Å². The van der Waals surface area contributed by atoms with Crippen LogP contribution in [0.25, 0.3) is 0 Å². The summed E-state index contributed by atoms with van der Waals surface area (Å²) >= 11 is 0. The summed E-state index contributed by atoms with van der Waals surface area (Å²) in [6, 6.07) is 0.438. The second-order valence-corrected chi connectivity index (χ2v) is 7.41. The predicted molar refractivity (Wildman–Crippen MR) is 84.9 cm³/mol. The molecule has 0 radical (unpaired) electrons. The van der Waals surface area contributed by atoms with Gasteiger partial charge in [0.2, 0.25) is 0 Å². The normalized spacial score (nSPS) is 29.9. The van der Waals surface area contributed by atoms with Gasteiger partial charge >= 0.3 is 0 Å². The van der Waals surface area contributed by atoms with Crippen LogP contribution in [0.15, 0.2) is 0 Å². The van der Waals surface area contributed by atoms with Crippen LogP contribution in [0.2, 0.25) is 0 Å². The first-order valence-corrected chi connectivity index (χ1v) is 8.69. The number of hydrogen-bond donors (Lipinski definition) is 2. The van der Waals surface area contributed by atoms with Crippen LogP contribution in [-0.4, -0.2) is 47.8 Å². The van der Waals surface area contributed by atoms with Gasteiger partial charge in [0.15, 0.2) is 0 Å². The van der Waals surface area contributed by atoms with Gasteiger partial charge in [0.25, 0.3) is 0 Å². The van der Waals surface area contributed by atoms with Crippen LogP contribution in [0.1, 0.15) is 59.3 Å². The molecule has 2 fully saturated rings. The molecule has 3 heteroatoms. The topological polar surface area (TPSA) is 35.5 Å². The summed E-state index contributed by atoms with van der Waals surface area (Å²) in [6.07, 6.45) is 7.69. The van der Waals surface area contributed by atoms with Gasteiger partial charge in [-0.1, -0.05) is 27.2 Å². The molecule has 118 valence electrons. The number of aliphatic hydroxyl groups is 1. The molecule has 2 rings (SSSR count). The summed E-state index contributed by atoms with van der Waals surface area (Å²) in [7, 11) is 0. The van der Waals surface area contributed by atoms with Crippen LogP contribution in [0.5, 0.6) is 0 Å². The minimum atomic E-state index is -0.0657. The highest BCUT2D eigenvalue weighted by molar-refractivity contribution is 4.90. The highest BCUT2D eigenvalue weighted by Crippen LogP contribution is 2.37. The highest BCUT2D eigenvalue weighted by Gasteiger charge is 2.36. The van der Waals surface area contributed by atoms with Gasteiger partial charge < -0.3 is 15.3 Å². The van der Waals surface area contributed by atoms with Gasteiger partial charge in [0, 0.05) is 24.7 Å². The molecular formula is C17H34N2O. The lowest BCUT2D eigenvalue weighted by atomic mass is 9.90. The Kier molecular flexibility index (Phi) is 5.88. The molecule has 0 aromatic heterocycles. The van der Waals surface area contributed by atoms with E-state index in [1.165, 1.54) is 45.3 Å². The Labute approximate surface area is 125 Å². The van der Waals surface area contributed by atoms with Crippen molar-refractivity contribution in [3.05, 3.63) is 0 Å². The van der Waals surface area contributed by atoms with E-state index in [2.05, 4.69) is 31.0 Å². The molecule has 0 spiro atoms. The third-order valence-electron chi connectivity index (χ3n) is 5.51. The van der Waals surface area contributed by atoms with Gasteiger partial charge in [-0.25, -0.2) is 0 Å². The van der Waals surface area contributed by atoms with E-state index in [1.54, 1.807) is 0 Å². The smallest absolute Gasteiger partial charge is 0.0613 e. The molecule has 1 heterocycles. The van der Waals surface area contributed by atoms with E-state index >= 15 is 0 Å². The summed E-state index contributed by atoms with van der Waals surface area (Å²) in [4.78, 5) is 2.67. The molecule has 3 atom stereocenters. The van der Waals surface area contributed by atoms with E-state index in [0.29, 0.717) is 6.04 Å². The van der Waals surface area contributed by atoms with Crippen LogP contribution >= 0.6 is 0 Å². The first-order chi connectivity index (χ1) is 9.58. The SMILES string of the molecule is CCC(CO)(CCCN1CC2CCCC2C1)NC(C)C. The van der Waals surface area contributed by atoms with E-state index in [4.69, 9.17) is 0 Å². The van der Waals surface area contributed by atoms with Crippen molar-refractivity contribution in [2.24, 2.45) is 11.8 Å². The zero-order valence-corrected chi connectivity index (χ0v) is 13.7. The Bertz CT molecular complexity index is 277. The average Bonchev–Trinajstić information content (AvgIpc) is 2.98. The first-order valence-electron chi connectivity index (χ1n) is 8.69. The summed E-state index contributed by atoms with van der Waals surface area (Å²) in [5.41, 5.74) is -0.0657. The number of aliphatic hydroxyl groups excluding tert-OH is 1. The van der Waals surface area contributed by atoms with Crippen molar-refractivity contribution >= 4 is 0 Å². The highest BCUT2D eigenvalue weighted by atomic mass is 16.3. The Hall–Kier alpha value is -0.120. The van der Waals surface area contributed by atoms with E-state index in [1.807, 2.05) is 0 Å². The zero-order chi connectivity index (χ0) is 14.6. The lowest BCUT2D eigenvalue weighted by molar-refractivity contribution is 0.131. The maximum atomic E-state index is 9.77. The molecule has 0 amide bonds. The fourth-order valence-electron chi connectivity index (χ4n) is 4.36. The van der Waals surface area contributed by atoms with Crippen molar-refractivity contribution in [2.45, 2.75) is 70.9 Å². The van der Waals surface area contributed by atoms with Gasteiger partial charge in [0.05, 0.1) is 6.61 Å². The Morgan fingerprint density at radius 2 is 1.90 bits per heavy atom. The molecule has 1 saturated carbocycles. The number of likely N-dealkylation sites (tertiary alicyclic amines) is 1. The third-order valence-corrected chi connectivity index (χ3v) is 5.51. The fraction of sp³-hybridized carbons (Fsp3) is 1.00. The average molecular weight is 282 g/mol. The summed E-state index contributed by atoms with van der Waals surface area (Å²) in [5, 5.41) is 13.4. The molecule has 3 unspecified atom stereocenters. The zero-order valence-electron chi connectivity index (χ0n) is 13.7. The fourth-order valence-corrected chi connectivity index (χ4v) is 4.36. The molecule has 3 nitrogen and oxygen atoms in total. The van der Waals surface area contributed by atoms with Crippen LogP contribution in [-0.2, 0) is 0 Å². The molecular weight excluding hydrogens is 248 g/mol. The number of nitrogens with zero attached hydrogens (tertiary/aromatic N) is 1. The summed E-state index contributed by atoms with van der Waals surface area (Å²) in [6.45, 7) is 10.7. The predicted octanol–water partition coefficient (Wildman–Crippen LogP) is 2.64. The quantitative estimate of drug-likeness (QED) is 0.718. The lowest BCUT2D eigenvalue weighted by Crippen LogP contribution is -2.51. The third kappa shape index (κ3) is 3.96. The van der Waals surface area contributed by atoms with Crippen molar-refractivity contribution in [2.75, 3.05) is 26.2 Å². The van der Waals surface area contributed by atoms with E-state index in [9.17, 15) is 5.11 Å². The molecule has 1 saturated heterocycles. The Balaban J connectivity index is 1.73. The van der Waals surface area contributed by atoms with Crippen LogP contribution in [0.3, 0.4) is 0 Å². The Morgan fingerprint density at radius 3 is 2.40 bits per heavy atom. The van der Waals surface area contributed by atoms with Crippen molar-refractivity contribution in [1.29, 1.82) is 0 Å². The second-order valence-electron chi connectivity index (χ2n) is 7.41. The number of fused-ring (bicyclic) bond motifs is 1. The van der Waals surface area contributed by atoms with Crippen LogP contribution in [0, 0.1) is 11.8 Å². The number of rotatable bonds is 8. The summed E-state index contributed by atoms with van der Waals surface area (Å²) in [5.74, 6) is 2.00. The minimum Gasteiger partial charge on any atom is -0.394 e. The number of hydrogen-bond acceptors (Lipinski definition) is 3. The standard InChI is InChI=1S/C17H34N2O/c1-4-17(13-20,18-14(2)3)9-6-10-19-11-15-7-5-8-16(15)12-19/h14-16,18,20H,4-13H2,1-3H3. The van der Waals surface area contributed by atoms with Gasteiger partial charge in [-0.15, -0.1) is 0 Å².